The molecule has 0 bridgehead atoms. The SMILES string of the molecule is CC(C)(CCN(C=O)CC(F)(F)F)c1nnc(N)s1.CCCC(NC(=O)C(O)c1cc(F)cc(F)c1)C(=O)O. The molecule has 10 nitrogen and oxygen atoms in total. The first-order chi connectivity index (χ1) is 18.0. The molecule has 1 aromatic heterocycles. The van der Waals surface area contributed by atoms with Crippen LogP contribution in [-0.2, 0) is 19.8 Å². The molecule has 0 aliphatic heterocycles. The van der Waals surface area contributed by atoms with Crippen LogP contribution < -0.4 is 11.1 Å². The van der Waals surface area contributed by atoms with E-state index >= 15 is 0 Å². The number of halogens is 5. The van der Waals surface area contributed by atoms with Gasteiger partial charge >= 0.3 is 12.1 Å². The number of carbonyl (C=O) groups excluding carboxylic acids is 2. The Morgan fingerprint density at radius 1 is 1.18 bits per heavy atom. The van der Waals surface area contributed by atoms with Gasteiger partial charge in [0, 0.05) is 18.0 Å². The lowest BCUT2D eigenvalue weighted by atomic mass is 9.90. The molecule has 0 radical (unpaired) electrons. The predicted molar refractivity (Wildman–Crippen MR) is 131 cm³/mol. The van der Waals surface area contributed by atoms with E-state index < -0.39 is 53.8 Å². The van der Waals surface area contributed by atoms with E-state index in [4.69, 9.17) is 10.8 Å². The number of aromatic nitrogens is 2. The molecule has 39 heavy (non-hydrogen) atoms. The Hall–Kier alpha value is -3.40. The van der Waals surface area contributed by atoms with Crippen molar-refractivity contribution in [1.82, 2.24) is 20.4 Å². The third-order valence-electron chi connectivity index (χ3n) is 5.22. The van der Waals surface area contributed by atoms with E-state index in [-0.39, 0.29) is 24.9 Å². The second-order valence-electron chi connectivity index (χ2n) is 9.06. The molecule has 0 saturated carbocycles. The van der Waals surface area contributed by atoms with Gasteiger partial charge in [-0.15, -0.1) is 10.2 Å². The van der Waals surface area contributed by atoms with Crippen molar-refractivity contribution in [2.45, 2.75) is 63.8 Å². The van der Waals surface area contributed by atoms with Crippen LogP contribution in [0.2, 0.25) is 0 Å². The number of carbonyl (C=O) groups is 3. The summed E-state index contributed by atoms with van der Waals surface area (Å²) in [5.74, 6) is -4.13. The maximum atomic E-state index is 13.0. The number of amides is 2. The van der Waals surface area contributed by atoms with Gasteiger partial charge in [-0.2, -0.15) is 13.2 Å². The summed E-state index contributed by atoms with van der Waals surface area (Å²) in [5.41, 5.74) is 4.71. The minimum absolute atomic E-state index is 0.00447. The van der Waals surface area contributed by atoms with Crippen molar-refractivity contribution in [2.75, 3.05) is 18.8 Å². The summed E-state index contributed by atoms with van der Waals surface area (Å²) in [6.45, 7) is 4.13. The molecule has 0 saturated heterocycles. The highest BCUT2D eigenvalue weighted by atomic mass is 32.1. The normalized spacial score (nSPS) is 13.1. The van der Waals surface area contributed by atoms with Crippen molar-refractivity contribution in [3.05, 3.63) is 40.4 Å². The molecule has 218 valence electrons. The maximum Gasteiger partial charge on any atom is 0.406 e. The quantitative estimate of drug-likeness (QED) is 0.219. The average molecular weight is 584 g/mol. The number of carboxylic acids is 1. The van der Waals surface area contributed by atoms with Crippen LogP contribution in [0.25, 0.3) is 0 Å². The van der Waals surface area contributed by atoms with Gasteiger partial charge < -0.3 is 26.2 Å². The monoisotopic (exact) mass is 583 g/mol. The van der Waals surface area contributed by atoms with Crippen LogP contribution in [0, 0.1) is 11.6 Å². The van der Waals surface area contributed by atoms with Crippen LogP contribution >= 0.6 is 11.3 Å². The van der Waals surface area contributed by atoms with Crippen LogP contribution in [-0.4, -0.2) is 68.9 Å². The fourth-order valence-electron chi connectivity index (χ4n) is 3.12. The van der Waals surface area contributed by atoms with E-state index in [2.05, 4.69) is 15.5 Å². The molecule has 2 amide bonds. The van der Waals surface area contributed by atoms with Crippen molar-refractivity contribution in [3.63, 3.8) is 0 Å². The van der Waals surface area contributed by atoms with E-state index in [1.165, 1.54) is 11.3 Å². The largest absolute Gasteiger partial charge is 0.480 e. The lowest BCUT2D eigenvalue weighted by molar-refractivity contribution is -0.154. The van der Waals surface area contributed by atoms with Gasteiger partial charge in [-0.3, -0.25) is 9.59 Å². The van der Waals surface area contributed by atoms with Crippen LogP contribution in [0.3, 0.4) is 0 Å². The first-order valence-electron chi connectivity index (χ1n) is 11.5. The van der Waals surface area contributed by atoms with Gasteiger partial charge in [-0.1, -0.05) is 38.5 Å². The second-order valence-corrected chi connectivity index (χ2v) is 10.1. The van der Waals surface area contributed by atoms with Crippen LogP contribution in [0.4, 0.5) is 27.1 Å². The molecular formula is C23H30F5N5O5S. The standard InChI is InChI=1S/C13H15F2NO4.C10H15F3N4OS/c1-2-3-10(13(19)20)16-12(18)11(17)7-4-8(14)6-9(15)5-7;1-9(2,7-15-16-8(14)19-7)3-4-17(6-18)5-10(11,12)13/h4-6,10-11,17H,2-3H2,1H3,(H,16,18)(H,19,20);6H,3-5H2,1-2H3,(H2,14,16). The number of anilines is 1. The Morgan fingerprint density at radius 2 is 1.77 bits per heavy atom. The molecule has 16 heteroatoms. The number of aliphatic hydroxyl groups excluding tert-OH is 1. The lowest BCUT2D eigenvalue weighted by Gasteiger charge is -2.25. The molecule has 1 aromatic carbocycles. The Kier molecular flexibility index (Phi) is 12.7. The Morgan fingerprint density at radius 3 is 2.21 bits per heavy atom. The number of alkyl halides is 3. The minimum Gasteiger partial charge on any atom is -0.480 e. The number of hydrogen-bond donors (Lipinski definition) is 4. The zero-order valence-corrected chi connectivity index (χ0v) is 22.2. The van der Waals surface area contributed by atoms with Gasteiger partial charge in [0.05, 0.1) is 0 Å². The van der Waals surface area contributed by atoms with Crippen molar-refractivity contribution in [2.24, 2.45) is 0 Å². The van der Waals surface area contributed by atoms with Gasteiger partial charge in [0.1, 0.15) is 29.2 Å². The number of benzene rings is 1. The van der Waals surface area contributed by atoms with E-state index in [0.29, 0.717) is 33.9 Å². The number of aliphatic hydroxyl groups is 1. The molecular weight excluding hydrogens is 553 g/mol. The number of carboxylic acid groups (broad SMARTS) is 1. The van der Waals surface area contributed by atoms with E-state index in [0.717, 1.165) is 12.1 Å². The Bertz CT molecular complexity index is 1090. The molecule has 0 aliphatic rings. The van der Waals surface area contributed by atoms with Crippen molar-refractivity contribution >= 4 is 34.8 Å². The topological polar surface area (TPSA) is 159 Å². The summed E-state index contributed by atoms with van der Waals surface area (Å²) in [7, 11) is 0. The lowest BCUT2D eigenvalue weighted by Crippen LogP contribution is -2.43. The zero-order valence-electron chi connectivity index (χ0n) is 21.3. The van der Waals surface area contributed by atoms with Crippen molar-refractivity contribution in [3.8, 4) is 0 Å². The van der Waals surface area contributed by atoms with Gasteiger partial charge in [0.25, 0.3) is 5.91 Å². The molecule has 0 fully saturated rings. The number of hydrogen-bond acceptors (Lipinski definition) is 8. The molecule has 0 aliphatic carbocycles. The molecule has 2 unspecified atom stereocenters. The van der Waals surface area contributed by atoms with Crippen LogP contribution in [0.15, 0.2) is 18.2 Å². The highest BCUT2D eigenvalue weighted by Gasteiger charge is 2.32. The Balaban J connectivity index is 0.000000391. The highest BCUT2D eigenvalue weighted by Crippen LogP contribution is 2.30. The summed E-state index contributed by atoms with van der Waals surface area (Å²) < 4.78 is 62.6. The summed E-state index contributed by atoms with van der Waals surface area (Å²) in [5, 5.41) is 29.2. The number of nitrogen functional groups attached to an aromatic ring is 1. The van der Waals surface area contributed by atoms with Crippen molar-refractivity contribution in [1.29, 1.82) is 0 Å². The summed E-state index contributed by atoms with van der Waals surface area (Å²) >= 11 is 1.19. The first kappa shape index (κ1) is 33.6. The first-order valence-corrected chi connectivity index (χ1v) is 12.3. The average Bonchev–Trinajstić information content (AvgIpc) is 3.27. The van der Waals surface area contributed by atoms with E-state index in [1.807, 2.05) is 13.8 Å². The summed E-state index contributed by atoms with van der Waals surface area (Å²) in [6.07, 6.45) is -4.97. The predicted octanol–water partition coefficient (Wildman–Crippen LogP) is 3.18. The second kappa shape index (κ2) is 14.7. The Labute approximate surface area is 225 Å². The van der Waals surface area contributed by atoms with Gasteiger partial charge in [-0.25, -0.2) is 13.6 Å². The molecule has 2 atom stereocenters. The fourth-order valence-corrected chi connectivity index (χ4v) is 3.86. The zero-order chi connectivity index (χ0) is 30.0. The van der Waals surface area contributed by atoms with E-state index in [9.17, 15) is 41.4 Å². The number of nitrogens with two attached hydrogens (primary N) is 1. The number of nitrogens with zero attached hydrogens (tertiary/aromatic N) is 3. The fraction of sp³-hybridized carbons (Fsp3) is 0.522. The van der Waals surface area contributed by atoms with Gasteiger partial charge in [0.2, 0.25) is 11.5 Å². The number of nitrogens with one attached hydrogen (secondary N) is 1. The minimum atomic E-state index is -4.39. The number of rotatable bonds is 12. The third-order valence-corrected chi connectivity index (χ3v) is 6.33. The van der Waals surface area contributed by atoms with Crippen LogP contribution in [0.5, 0.6) is 0 Å². The molecule has 0 spiro atoms. The van der Waals surface area contributed by atoms with E-state index in [1.54, 1.807) is 6.92 Å². The van der Waals surface area contributed by atoms with Gasteiger partial charge in [-0.05, 0) is 30.5 Å². The number of aliphatic carboxylic acids is 1. The smallest absolute Gasteiger partial charge is 0.406 e. The highest BCUT2D eigenvalue weighted by molar-refractivity contribution is 7.15. The maximum absolute atomic E-state index is 13.0. The molecule has 2 rings (SSSR count). The summed E-state index contributed by atoms with van der Waals surface area (Å²) in [6, 6.07) is 1.07. The summed E-state index contributed by atoms with van der Waals surface area (Å²) in [4.78, 5) is 33.9. The third kappa shape index (κ3) is 11.9. The molecule has 1 heterocycles. The molecule has 5 N–H and O–H groups in total. The van der Waals surface area contributed by atoms with Crippen LogP contribution in [0.1, 0.15) is 56.7 Å². The van der Waals surface area contributed by atoms with Gasteiger partial charge in [0.15, 0.2) is 6.10 Å². The van der Waals surface area contributed by atoms with Crippen molar-refractivity contribution < 1.29 is 46.5 Å². The molecule has 2 aromatic rings.